The van der Waals surface area contributed by atoms with Gasteiger partial charge in [-0.25, -0.2) is 4.98 Å². The number of hydrogen-bond donors (Lipinski definition) is 0. The highest BCUT2D eigenvalue weighted by molar-refractivity contribution is 6.17. The zero-order valence-corrected chi connectivity index (χ0v) is 8.44. The van der Waals surface area contributed by atoms with Crippen LogP contribution in [-0.4, -0.2) is 10.9 Å². The summed E-state index contributed by atoms with van der Waals surface area (Å²) in [5.41, 5.74) is 1.77. The van der Waals surface area contributed by atoms with E-state index in [0.29, 0.717) is 12.3 Å². The molecule has 1 aromatic rings. The molecular formula is C10H13ClFN. The summed E-state index contributed by atoms with van der Waals surface area (Å²) in [6.45, 7) is 2.01. The third-order valence-corrected chi connectivity index (χ3v) is 2.31. The molecule has 0 amide bonds. The number of rotatable bonds is 4. The van der Waals surface area contributed by atoms with Crippen molar-refractivity contribution in [3.05, 3.63) is 29.3 Å². The largest absolute Gasteiger partial charge is 0.228 e. The van der Waals surface area contributed by atoms with Crippen molar-refractivity contribution in [2.45, 2.75) is 26.2 Å². The first-order valence-electron chi connectivity index (χ1n) is 4.47. The number of aryl methyl sites for hydroxylation is 1. The van der Waals surface area contributed by atoms with E-state index < -0.39 is 0 Å². The lowest BCUT2D eigenvalue weighted by atomic mass is 10.0. The molecule has 0 aliphatic heterocycles. The zero-order chi connectivity index (χ0) is 9.68. The van der Waals surface area contributed by atoms with Crippen molar-refractivity contribution in [3.63, 3.8) is 0 Å². The maximum atomic E-state index is 13.2. The Labute approximate surface area is 82.9 Å². The predicted octanol–water partition coefficient (Wildman–Crippen LogP) is 2.95. The molecule has 13 heavy (non-hydrogen) atoms. The molecule has 0 N–H and O–H groups in total. The smallest absolute Gasteiger partial charge is 0.216 e. The molecule has 0 bridgehead atoms. The average Bonchev–Trinajstić information content (AvgIpc) is 2.15. The summed E-state index contributed by atoms with van der Waals surface area (Å²) in [7, 11) is 0. The highest BCUT2D eigenvalue weighted by atomic mass is 35.5. The van der Waals surface area contributed by atoms with E-state index in [1.54, 1.807) is 0 Å². The van der Waals surface area contributed by atoms with Gasteiger partial charge in [-0.15, -0.1) is 11.6 Å². The lowest BCUT2D eigenvalue weighted by Crippen LogP contribution is -2.00. The molecule has 1 heterocycles. The van der Waals surface area contributed by atoms with Crippen LogP contribution in [0, 0.1) is 5.95 Å². The van der Waals surface area contributed by atoms with Crippen molar-refractivity contribution in [2.24, 2.45) is 0 Å². The molecule has 0 aromatic carbocycles. The van der Waals surface area contributed by atoms with Gasteiger partial charge in [0.15, 0.2) is 0 Å². The molecule has 0 radical (unpaired) electrons. The molecule has 1 aromatic heterocycles. The summed E-state index contributed by atoms with van der Waals surface area (Å²) in [6, 6.07) is 1.87. The van der Waals surface area contributed by atoms with E-state index >= 15 is 0 Å². The van der Waals surface area contributed by atoms with Crippen LogP contribution in [0.5, 0.6) is 0 Å². The third kappa shape index (κ3) is 2.66. The van der Waals surface area contributed by atoms with Crippen molar-refractivity contribution < 1.29 is 4.39 Å². The maximum Gasteiger partial charge on any atom is 0.216 e. The molecule has 0 fully saturated rings. The first kappa shape index (κ1) is 10.5. The lowest BCUT2D eigenvalue weighted by molar-refractivity contribution is 0.561. The fourth-order valence-electron chi connectivity index (χ4n) is 1.34. The maximum absolute atomic E-state index is 13.2. The molecule has 0 aliphatic rings. The zero-order valence-electron chi connectivity index (χ0n) is 7.69. The molecular weight excluding hydrogens is 189 g/mol. The minimum absolute atomic E-state index is 0.343. The summed E-state index contributed by atoms with van der Waals surface area (Å²) < 4.78 is 13.2. The van der Waals surface area contributed by atoms with Gasteiger partial charge in [0.25, 0.3) is 0 Å². The van der Waals surface area contributed by atoms with Gasteiger partial charge in [0, 0.05) is 17.6 Å². The highest BCUT2D eigenvalue weighted by Gasteiger charge is 2.07. The molecule has 72 valence electrons. The van der Waals surface area contributed by atoms with E-state index in [2.05, 4.69) is 4.98 Å². The number of hydrogen-bond acceptors (Lipinski definition) is 1. The summed E-state index contributed by atoms with van der Waals surface area (Å²) in [5.74, 6) is 0.224. The van der Waals surface area contributed by atoms with Gasteiger partial charge in [-0.05, 0) is 30.9 Å². The Balaban J connectivity index is 2.87. The summed E-state index contributed by atoms with van der Waals surface area (Å²) in [6.07, 6.45) is 3.85. The first-order chi connectivity index (χ1) is 6.29. The number of halogens is 2. The second-order valence-electron chi connectivity index (χ2n) is 2.89. The van der Waals surface area contributed by atoms with Crippen LogP contribution in [0.25, 0.3) is 0 Å². The van der Waals surface area contributed by atoms with Crippen LogP contribution >= 0.6 is 11.6 Å². The monoisotopic (exact) mass is 201 g/mol. The molecule has 1 nitrogen and oxygen atoms in total. The van der Waals surface area contributed by atoms with Gasteiger partial charge in [0.2, 0.25) is 5.95 Å². The Morgan fingerprint density at radius 1 is 1.54 bits per heavy atom. The Hall–Kier alpha value is -0.630. The fraction of sp³-hybridized carbons (Fsp3) is 0.500. The van der Waals surface area contributed by atoms with E-state index in [1.165, 1.54) is 6.20 Å². The molecule has 0 atom stereocenters. The Morgan fingerprint density at radius 3 is 2.92 bits per heavy atom. The van der Waals surface area contributed by atoms with Gasteiger partial charge in [-0.2, -0.15) is 4.39 Å². The second kappa shape index (κ2) is 5.18. The topological polar surface area (TPSA) is 12.9 Å². The van der Waals surface area contributed by atoms with E-state index in [4.69, 9.17) is 11.6 Å². The van der Waals surface area contributed by atoms with Gasteiger partial charge in [0.1, 0.15) is 0 Å². The van der Waals surface area contributed by atoms with Gasteiger partial charge in [-0.3, -0.25) is 0 Å². The lowest BCUT2D eigenvalue weighted by Gasteiger charge is -2.06. The molecule has 0 aliphatic carbocycles. The van der Waals surface area contributed by atoms with Crippen LogP contribution in [0.15, 0.2) is 12.3 Å². The van der Waals surface area contributed by atoms with Crippen LogP contribution in [0.1, 0.15) is 24.5 Å². The van der Waals surface area contributed by atoms with E-state index in [-0.39, 0.29) is 5.95 Å². The van der Waals surface area contributed by atoms with E-state index in [1.807, 2.05) is 13.0 Å². The van der Waals surface area contributed by atoms with Gasteiger partial charge >= 0.3 is 0 Å². The standard InChI is InChI=1S/C10H13ClFN/c1-2-8-5-7-13-10(12)9(8)4-3-6-11/h5,7H,2-4,6H2,1H3. The number of pyridine rings is 1. The summed E-state index contributed by atoms with van der Waals surface area (Å²) in [5, 5.41) is 0. The molecule has 0 spiro atoms. The van der Waals surface area contributed by atoms with Crippen LogP contribution < -0.4 is 0 Å². The third-order valence-electron chi connectivity index (χ3n) is 2.04. The van der Waals surface area contributed by atoms with Crippen molar-refractivity contribution in [1.29, 1.82) is 0 Å². The minimum atomic E-state index is -0.343. The fourth-order valence-corrected chi connectivity index (χ4v) is 1.48. The number of nitrogens with zero attached hydrogens (tertiary/aromatic N) is 1. The SMILES string of the molecule is CCc1ccnc(F)c1CCCCl. The average molecular weight is 202 g/mol. The van der Waals surface area contributed by atoms with Crippen molar-refractivity contribution in [1.82, 2.24) is 4.98 Å². The Bertz CT molecular complexity index is 276. The number of aromatic nitrogens is 1. The van der Waals surface area contributed by atoms with Crippen molar-refractivity contribution in [3.8, 4) is 0 Å². The van der Waals surface area contributed by atoms with Gasteiger partial charge < -0.3 is 0 Å². The van der Waals surface area contributed by atoms with E-state index in [0.717, 1.165) is 24.0 Å². The van der Waals surface area contributed by atoms with Gasteiger partial charge in [0.05, 0.1) is 0 Å². The van der Waals surface area contributed by atoms with Crippen molar-refractivity contribution >= 4 is 11.6 Å². The summed E-state index contributed by atoms with van der Waals surface area (Å²) >= 11 is 5.56. The number of alkyl halides is 1. The Morgan fingerprint density at radius 2 is 2.31 bits per heavy atom. The molecule has 0 unspecified atom stereocenters. The molecule has 1 rings (SSSR count). The quantitative estimate of drug-likeness (QED) is 0.539. The van der Waals surface area contributed by atoms with E-state index in [9.17, 15) is 4.39 Å². The van der Waals surface area contributed by atoms with Crippen LogP contribution in [-0.2, 0) is 12.8 Å². The molecule has 3 heteroatoms. The second-order valence-corrected chi connectivity index (χ2v) is 3.26. The van der Waals surface area contributed by atoms with Crippen molar-refractivity contribution in [2.75, 3.05) is 5.88 Å². The van der Waals surface area contributed by atoms with Gasteiger partial charge in [-0.1, -0.05) is 6.92 Å². The minimum Gasteiger partial charge on any atom is -0.228 e. The first-order valence-corrected chi connectivity index (χ1v) is 5.01. The predicted molar refractivity (Wildman–Crippen MR) is 52.6 cm³/mol. The molecule has 0 saturated heterocycles. The highest BCUT2D eigenvalue weighted by Crippen LogP contribution is 2.14. The van der Waals surface area contributed by atoms with Crippen LogP contribution in [0.3, 0.4) is 0 Å². The summed E-state index contributed by atoms with van der Waals surface area (Å²) in [4.78, 5) is 3.63. The Kier molecular flexibility index (Phi) is 4.16. The normalized spacial score (nSPS) is 10.4. The molecule has 0 saturated carbocycles. The van der Waals surface area contributed by atoms with Crippen LogP contribution in [0.4, 0.5) is 4.39 Å². The van der Waals surface area contributed by atoms with Crippen LogP contribution in [0.2, 0.25) is 0 Å².